The van der Waals surface area contributed by atoms with Crippen molar-refractivity contribution in [2.45, 2.75) is 16.9 Å². The number of halogens is 1. The second-order valence-corrected chi connectivity index (χ2v) is 7.09. The first-order valence-electron chi connectivity index (χ1n) is 5.95. The molecule has 1 aliphatic heterocycles. The standard InChI is InChI=1S/C12H14ClN3O3S/c13-10-5-9(6-14)1-2-11(10)20(18,19)16-4-3-12(17,7-15)8-16/h1-2,5,17H,3-4,7-8,15H2. The van der Waals surface area contributed by atoms with Crippen LogP contribution < -0.4 is 5.73 Å². The van der Waals surface area contributed by atoms with Gasteiger partial charge in [-0.1, -0.05) is 11.6 Å². The maximum Gasteiger partial charge on any atom is 0.244 e. The number of benzene rings is 1. The van der Waals surface area contributed by atoms with E-state index in [1.807, 2.05) is 6.07 Å². The molecule has 1 fully saturated rings. The quantitative estimate of drug-likeness (QED) is 0.834. The summed E-state index contributed by atoms with van der Waals surface area (Å²) in [4.78, 5) is -0.0700. The van der Waals surface area contributed by atoms with Crippen molar-refractivity contribution in [2.24, 2.45) is 5.73 Å². The highest BCUT2D eigenvalue weighted by molar-refractivity contribution is 7.89. The summed E-state index contributed by atoms with van der Waals surface area (Å²) >= 11 is 5.93. The van der Waals surface area contributed by atoms with Crippen LogP contribution in [0.1, 0.15) is 12.0 Å². The minimum absolute atomic E-state index is 0.000121. The average Bonchev–Trinajstić information content (AvgIpc) is 2.82. The lowest BCUT2D eigenvalue weighted by Gasteiger charge is -2.21. The summed E-state index contributed by atoms with van der Waals surface area (Å²) in [5.74, 6) is 0. The minimum atomic E-state index is -3.80. The van der Waals surface area contributed by atoms with E-state index in [2.05, 4.69) is 0 Å². The van der Waals surface area contributed by atoms with Crippen molar-refractivity contribution in [2.75, 3.05) is 19.6 Å². The first kappa shape index (κ1) is 15.2. The van der Waals surface area contributed by atoms with Gasteiger partial charge in [-0.3, -0.25) is 0 Å². The normalized spacial score (nSPS) is 23.7. The number of sulfonamides is 1. The van der Waals surface area contributed by atoms with E-state index in [1.165, 1.54) is 18.2 Å². The van der Waals surface area contributed by atoms with Crippen LogP contribution in [0.2, 0.25) is 5.02 Å². The van der Waals surface area contributed by atoms with Gasteiger partial charge in [0.05, 0.1) is 22.3 Å². The second kappa shape index (κ2) is 5.31. The fraction of sp³-hybridized carbons (Fsp3) is 0.417. The summed E-state index contributed by atoms with van der Waals surface area (Å²) in [5, 5.41) is 18.8. The summed E-state index contributed by atoms with van der Waals surface area (Å²) in [6.07, 6.45) is 0.288. The molecule has 1 saturated heterocycles. The van der Waals surface area contributed by atoms with E-state index in [1.54, 1.807) is 0 Å². The maximum absolute atomic E-state index is 12.5. The summed E-state index contributed by atoms with van der Waals surface area (Å²) in [6.45, 7) is 0.134. The number of aliphatic hydroxyl groups is 1. The predicted octanol–water partition coefficient (Wildman–Crippen LogP) is 0.296. The van der Waals surface area contributed by atoms with Crippen LogP contribution in [0.25, 0.3) is 0 Å². The van der Waals surface area contributed by atoms with Gasteiger partial charge in [-0.05, 0) is 24.6 Å². The summed E-state index contributed by atoms with van der Waals surface area (Å²) in [7, 11) is -3.80. The van der Waals surface area contributed by atoms with Gasteiger partial charge in [-0.2, -0.15) is 9.57 Å². The smallest absolute Gasteiger partial charge is 0.244 e. The summed E-state index contributed by atoms with van der Waals surface area (Å²) in [6, 6.07) is 5.89. The van der Waals surface area contributed by atoms with Crippen LogP contribution in [0.15, 0.2) is 23.1 Å². The van der Waals surface area contributed by atoms with Crippen LogP contribution in [0.3, 0.4) is 0 Å². The van der Waals surface area contributed by atoms with Gasteiger partial charge >= 0.3 is 0 Å². The van der Waals surface area contributed by atoms with Crippen molar-refractivity contribution in [3.8, 4) is 6.07 Å². The molecule has 8 heteroatoms. The Morgan fingerprint density at radius 3 is 2.75 bits per heavy atom. The Labute approximate surface area is 122 Å². The van der Waals surface area contributed by atoms with Gasteiger partial charge in [0.1, 0.15) is 4.90 Å². The first-order chi connectivity index (χ1) is 9.32. The number of hydrogen-bond acceptors (Lipinski definition) is 5. The molecule has 1 aliphatic rings. The molecule has 0 radical (unpaired) electrons. The second-order valence-electron chi connectivity index (χ2n) is 4.77. The Balaban J connectivity index is 2.35. The number of β-amino-alcohol motifs (C(OH)–C–C–N with tert-alkyl or cyclic N) is 1. The molecule has 108 valence electrons. The third kappa shape index (κ3) is 2.66. The largest absolute Gasteiger partial charge is 0.387 e. The molecule has 0 bridgehead atoms. The van der Waals surface area contributed by atoms with E-state index < -0.39 is 15.6 Å². The van der Waals surface area contributed by atoms with E-state index in [4.69, 9.17) is 22.6 Å². The van der Waals surface area contributed by atoms with E-state index in [-0.39, 0.29) is 41.5 Å². The molecule has 0 aliphatic carbocycles. The highest BCUT2D eigenvalue weighted by Crippen LogP contribution is 2.30. The predicted molar refractivity (Wildman–Crippen MR) is 73.5 cm³/mol. The zero-order valence-corrected chi connectivity index (χ0v) is 12.2. The Morgan fingerprint density at radius 2 is 2.25 bits per heavy atom. The molecule has 0 spiro atoms. The first-order valence-corrected chi connectivity index (χ1v) is 7.76. The lowest BCUT2D eigenvalue weighted by molar-refractivity contribution is 0.0651. The zero-order chi connectivity index (χ0) is 15.0. The van der Waals surface area contributed by atoms with Gasteiger partial charge in [0.15, 0.2) is 0 Å². The Bertz CT molecular complexity index is 671. The third-order valence-electron chi connectivity index (χ3n) is 3.36. The molecule has 20 heavy (non-hydrogen) atoms. The van der Waals surface area contributed by atoms with Gasteiger partial charge in [0.25, 0.3) is 0 Å². The van der Waals surface area contributed by atoms with Crippen LogP contribution in [0, 0.1) is 11.3 Å². The van der Waals surface area contributed by atoms with Crippen molar-refractivity contribution >= 4 is 21.6 Å². The van der Waals surface area contributed by atoms with E-state index in [0.29, 0.717) is 0 Å². The molecule has 1 atom stereocenters. The molecule has 1 heterocycles. The Hall–Kier alpha value is -1.17. The van der Waals surface area contributed by atoms with Gasteiger partial charge in [0, 0.05) is 19.6 Å². The van der Waals surface area contributed by atoms with Gasteiger partial charge in [-0.25, -0.2) is 8.42 Å². The highest BCUT2D eigenvalue weighted by atomic mass is 35.5. The van der Waals surface area contributed by atoms with Crippen LogP contribution in [0.5, 0.6) is 0 Å². The number of hydrogen-bond donors (Lipinski definition) is 2. The third-order valence-corrected chi connectivity index (χ3v) is 5.68. The molecular weight excluding hydrogens is 302 g/mol. The van der Waals surface area contributed by atoms with Crippen molar-refractivity contribution in [3.63, 3.8) is 0 Å². The number of nitrogens with two attached hydrogens (primary N) is 1. The van der Waals surface area contributed by atoms with E-state index >= 15 is 0 Å². The number of nitrogens with zero attached hydrogens (tertiary/aromatic N) is 2. The van der Waals surface area contributed by atoms with Crippen LogP contribution in [-0.4, -0.2) is 43.1 Å². The Kier molecular flexibility index (Phi) is 4.04. The van der Waals surface area contributed by atoms with Crippen molar-refractivity contribution in [1.29, 1.82) is 5.26 Å². The van der Waals surface area contributed by atoms with Gasteiger partial charge in [-0.15, -0.1) is 0 Å². The van der Waals surface area contributed by atoms with Gasteiger partial charge in [0.2, 0.25) is 10.0 Å². The highest BCUT2D eigenvalue weighted by Gasteiger charge is 2.41. The average molecular weight is 316 g/mol. The van der Waals surface area contributed by atoms with E-state index in [9.17, 15) is 13.5 Å². The number of rotatable bonds is 3. The van der Waals surface area contributed by atoms with Crippen LogP contribution in [0.4, 0.5) is 0 Å². The lowest BCUT2D eigenvalue weighted by atomic mass is 10.1. The van der Waals surface area contributed by atoms with Gasteiger partial charge < -0.3 is 10.8 Å². The molecule has 1 unspecified atom stereocenters. The SMILES string of the molecule is N#Cc1ccc(S(=O)(=O)N2CCC(O)(CN)C2)c(Cl)c1. The molecule has 0 saturated carbocycles. The number of nitriles is 1. The molecular formula is C12H14ClN3O3S. The summed E-state index contributed by atoms with van der Waals surface area (Å²) < 4.78 is 26.1. The van der Waals surface area contributed by atoms with E-state index in [0.717, 1.165) is 4.31 Å². The molecule has 1 aromatic carbocycles. The summed E-state index contributed by atoms with van der Waals surface area (Å²) in [5.41, 5.74) is 4.54. The minimum Gasteiger partial charge on any atom is -0.387 e. The maximum atomic E-state index is 12.5. The molecule has 0 amide bonds. The van der Waals surface area contributed by atoms with Crippen LogP contribution >= 0.6 is 11.6 Å². The van der Waals surface area contributed by atoms with Crippen molar-refractivity contribution < 1.29 is 13.5 Å². The van der Waals surface area contributed by atoms with Crippen LogP contribution in [-0.2, 0) is 10.0 Å². The lowest BCUT2D eigenvalue weighted by Crippen LogP contribution is -2.41. The Morgan fingerprint density at radius 1 is 1.55 bits per heavy atom. The molecule has 0 aromatic heterocycles. The molecule has 3 N–H and O–H groups in total. The molecule has 2 rings (SSSR count). The monoisotopic (exact) mass is 315 g/mol. The fourth-order valence-corrected chi connectivity index (χ4v) is 4.15. The topological polar surface area (TPSA) is 107 Å². The van der Waals surface area contributed by atoms with Crippen molar-refractivity contribution in [1.82, 2.24) is 4.31 Å². The molecule has 6 nitrogen and oxygen atoms in total. The van der Waals surface area contributed by atoms with Crippen molar-refractivity contribution in [3.05, 3.63) is 28.8 Å². The zero-order valence-electron chi connectivity index (χ0n) is 10.6. The molecule has 1 aromatic rings. The fourth-order valence-electron chi connectivity index (χ4n) is 2.11.